The van der Waals surface area contributed by atoms with Crippen molar-refractivity contribution in [3.8, 4) is 0 Å². The number of hydrogen-bond acceptors (Lipinski definition) is 3. The minimum atomic E-state index is -0.190. The molecular weight excluding hydrogens is 177 g/mol. The molecule has 0 aliphatic carbocycles. The van der Waals surface area contributed by atoms with E-state index in [-0.39, 0.29) is 18.3 Å². The lowest BCUT2D eigenvalue weighted by atomic mass is 9.85. The third-order valence-corrected chi connectivity index (χ3v) is 3.11. The summed E-state index contributed by atoms with van der Waals surface area (Å²) in [5, 5.41) is 0. The van der Waals surface area contributed by atoms with Gasteiger partial charge in [0.25, 0.3) is 0 Å². The fraction of sp³-hybridized carbons (Fsp3) is 1.00. The van der Waals surface area contributed by atoms with Crippen LogP contribution >= 0.6 is 0 Å². The van der Waals surface area contributed by atoms with Gasteiger partial charge in [-0.05, 0) is 54.7 Å². The molecule has 3 nitrogen and oxygen atoms in total. The minimum absolute atomic E-state index is 0.0533. The van der Waals surface area contributed by atoms with Crippen molar-refractivity contribution < 1.29 is 9.31 Å². The zero-order valence-electron chi connectivity index (χ0n) is 10.3. The van der Waals surface area contributed by atoms with Gasteiger partial charge >= 0.3 is 7.12 Å². The Morgan fingerprint density at radius 3 is 1.79 bits per heavy atom. The van der Waals surface area contributed by atoms with E-state index < -0.39 is 0 Å². The molecule has 0 spiro atoms. The first-order valence-corrected chi connectivity index (χ1v) is 5.25. The molecular formula is C10H22BNO2. The van der Waals surface area contributed by atoms with Crippen LogP contribution in [0.1, 0.15) is 27.7 Å². The second-order valence-electron chi connectivity index (χ2n) is 5.28. The van der Waals surface area contributed by atoms with Crippen molar-refractivity contribution in [1.29, 1.82) is 0 Å². The SMILES string of the molecule is CN(C)CCB1OC(C)(C)C(C)(C)O1. The fourth-order valence-corrected chi connectivity index (χ4v) is 1.45. The summed E-state index contributed by atoms with van der Waals surface area (Å²) >= 11 is 0. The van der Waals surface area contributed by atoms with E-state index in [0.717, 1.165) is 12.9 Å². The van der Waals surface area contributed by atoms with E-state index in [1.54, 1.807) is 0 Å². The smallest absolute Gasteiger partial charge is 0.403 e. The van der Waals surface area contributed by atoms with E-state index in [0.29, 0.717) is 0 Å². The Labute approximate surface area is 87.9 Å². The van der Waals surface area contributed by atoms with Crippen LogP contribution in [0.2, 0.25) is 6.32 Å². The highest BCUT2D eigenvalue weighted by molar-refractivity contribution is 6.45. The van der Waals surface area contributed by atoms with Gasteiger partial charge in [-0.1, -0.05) is 0 Å². The summed E-state index contributed by atoms with van der Waals surface area (Å²) in [6.07, 6.45) is 0.930. The highest BCUT2D eigenvalue weighted by atomic mass is 16.7. The van der Waals surface area contributed by atoms with Gasteiger partial charge in [-0.3, -0.25) is 0 Å². The molecule has 0 saturated carbocycles. The van der Waals surface area contributed by atoms with Crippen molar-refractivity contribution in [2.24, 2.45) is 0 Å². The van der Waals surface area contributed by atoms with Crippen LogP contribution in [0.15, 0.2) is 0 Å². The lowest BCUT2D eigenvalue weighted by Gasteiger charge is -2.32. The molecule has 1 saturated heterocycles. The quantitative estimate of drug-likeness (QED) is 0.645. The van der Waals surface area contributed by atoms with E-state index in [4.69, 9.17) is 9.31 Å². The van der Waals surface area contributed by atoms with Crippen LogP contribution in [0.4, 0.5) is 0 Å². The molecule has 0 bridgehead atoms. The fourth-order valence-electron chi connectivity index (χ4n) is 1.45. The molecule has 1 heterocycles. The Kier molecular flexibility index (Phi) is 3.29. The van der Waals surface area contributed by atoms with Gasteiger partial charge in [-0.25, -0.2) is 0 Å². The van der Waals surface area contributed by atoms with Gasteiger partial charge in [0, 0.05) is 0 Å². The van der Waals surface area contributed by atoms with Crippen molar-refractivity contribution in [3.05, 3.63) is 0 Å². The molecule has 1 aliphatic heterocycles. The van der Waals surface area contributed by atoms with Crippen LogP contribution in [0.3, 0.4) is 0 Å². The summed E-state index contributed by atoms with van der Waals surface area (Å²) in [6, 6.07) is 0. The standard InChI is InChI=1S/C10H22BNO2/c1-9(2)10(3,4)14-11(13-9)7-8-12(5)6/h7-8H2,1-6H3. The Morgan fingerprint density at radius 2 is 1.43 bits per heavy atom. The average molecular weight is 199 g/mol. The van der Waals surface area contributed by atoms with E-state index >= 15 is 0 Å². The van der Waals surface area contributed by atoms with Crippen molar-refractivity contribution in [1.82, 2.24) is 4.90 Å². The molecule has 82 valence electrons. The maximum absolute atomic E-state index is 5.87. The maximum atomic E-state index is 5.87. The van der Waals surface area contributed by atoms with E-state index in [1.807, 2.05) is 0 Å². The van der Waals surface area contributed by atoms with Crippen LogP contribution in [0.5, 0.6) is 0 Å². The Balaban J connectivity index is 2.47. The first-order valence-electron chi connectivity index (χ1n) is 5.25. The largest absolute Gasteiger partial charge is 0.459 e. The van der Waals surface area contributed by atoms with Crippen molar-refractivity contribution >= 4 is 7.12 Å². The van der Waals surface area contributed by atoms with E-state index in [1.165, 1.54) is 0 Å². The molecule has 0 amide bonds. The number of nitrogens with zero attached hydrogens (tertiary/aromatic N) is 1. The monoisotopic (exact) mass is 199 g/mol. The molecule has 0 radical (unpaired) electrons. The topological polar surface area (TPSA) is 21.7 Å². The lowest BCUT2D eigenvalue weighted by molar-refractivity contribution is 0.00578. The second-order valence-corrected chi connectivity index (χ2v) is 5.28. The molecule has 0 N–H and O–H groups in total. The molecule has 1 rings (SSSR count). The van der Waals surface area contributed by atoms with Gasteiger partial charge in [0.15, 0.2) is 0 Å². The van der Waals surface area contributed by atoms with Gasteiger partial charge < -0.3 is 14.2 Å². The predicted octanol–water partition coefficient (Wildman–Crippen LogP) is 1.64. The van der Waals surface area contributed by atoms with E-state index in [9.17, 15) is 0 Å². The molecule has 0 aromatic heterocycles. The van der Waals surface area contributed by atoms with Crippen molar-refractivity contribution in [3.63, 3.8) is 0 Å². The van der Waals surface area contributed by atoms with Gasteiger partial charge in [0.2, 0.25) is 0 Å². The Bertz CT molecular complexity index is 188. The highest BCUT2D eigenvalue weighted by Gasteiger charge is 2.50. The second kappa shape index (κ2) is 3.84. The Hall–Kier alpha value is -0.0551. The van der Waals surface area contributed by atoms with Crippen LogP contribution in [-0.2, 0) is 9.31 Å². The van der Waals surface area contributed by atoms with Crippen LogP contribution in [0.25, 0.3) is 0 Å². The predicted molar refractivity (Wildman–Crippen MR) is 59.4 cm³/mol. The molecule has 0 atom stereocenters. The molecule has 0 unspecified atom stereocenters. The molecule has 1 aliphatic rings. The first-order chi connectivity index (χ1) is 6.24. The molecule has 4 heteroatoms. The third kappa shape index (κ3) is 2.50. The number of rotatable bonds is 3. The maximum Gasteiger partial charge on any atom is 0.459 e. The highest BCUT2D eigenvalue weighted by Crippen LogP contribution is 2.37. The molecule has 14 heavy (non-hydrogen) atoms. The van der Waals surface area contributed by atoms with Crippen LogP contribution in [-0.4, -0.2) is 43.9 Å². The van der Waals surface area contributed by atoms with Crippen LogP contribution in [0, 0.1) is 0 Å². The van der Waals surface area contributed by atoms with Crippen LogP contribution < -0.4 is 0 Å². The zero-order valence-corrected chi connectivity index (χ0v) is 10.3. The average Bonchev–Trinajstić information content (AvgIpc) is 2.17. The molecule has 0 aromatic carbocycles. The van der Waals surface area contributed by atoms with Crippen molar-refractivity contribution in [2.45, 2.75) is 45.2 Å². The lowest BCUT2D eigenvalue weighted by Crippen LogP contribution is -2.41. The summed E-state index contributed by atoms with van der Waals surface area (Å²) in [6.45, 7) is 9.34. The first kappa shape index (κ1) is 12.0. The zero-order chi connectivity index (χ0) is 11.0. The third-order valence-electron chi connectivity index (χ3n) is 3.11. The van der Waals surface area contributed by atoms with E-state index in [2.05, 4.69) is 46.7 Å². The summed E-state index contributed by atoms with van der Waals surface area (Å²) in [5.74, 6) is 0. The van der Waals surface area contributed by atoms with Gasteiger partial charge in [0.1, 0.15) is 0 Å². The summed E-state index contributed by atoms with van der Waals surface area (Å²) in [4.78, 5) is 2.14. The van der Waals surface area contributed by atoms with Gasteiger partial charge in [-0.15, -0.1) is 0 Å². The summed E-state index contributed by atoms with van der Waals surface area (Å²) in [7, 11) is 4.07. The minimum Gasteiger partial charge on any atom is -0.403 e. The molecule has 0 aromatic rings. The summed E-state index contributed by atoms with van der Waals surface area (Å²) < 4.78 is 11.7. The normalized spacial score (nSPS) is 24.6. The summed E-state index contributed by atoms with van der Waals surface area (Å²) in [5.41, 5.74) is -0.381. The Morgan fingerprint density at radius 1 is 1.00 bits per heavy atom. The van der Waals surface area contributed by atoms with Crippen molar-refractivity contribution in [2.75, 3.05) is 20.6 Å². The number of hydrogen-bond donors (Lipinski definition) is 0. The van der Waals surface area contributed by atoms with Gasteiger partial charge in [0.05, 0.1) is 11.2 Å². The van der Waals surface area contributed by atoms with Gasteiger partial charge in [-0.2, -0.15) is 0 Å². The molecule has 1 fully saturated rings.